The smallest absolute Gasteiger partial charge is 0.222 e. The Morgan fingerprint density at radius 3 is 2.58 bits per heavy atom. The van der Waals surface area contributed by atoms with Gasteiger partial charge in [-0.2, -0.15) is 5.10 Å². The molecule has 1 N–H and O–H groups in total. The molecule has 8 heteroatoms. The third-order valence-electron chi connectivity index (χ3n) is 5.47. The van der Waals surface area contributed by atoms with Gasteiger partial charge in [0, 0.05) is 25.7 Å². The van der Waals surface area contributed by atoms with Crippen LogP contribution in [0.25, 0.3) is 11.3 Å². The maximum absolute atomic E-state index is 13.5. The lowest BCUT2D eigenvalue weighted by molar-refractivity contribution is 0.0229. The minimum Gasteiger partial charge on any atom is -0.468 e. The topological polar surface area (TPSA) is 72.9 Å². The van der Waals surface area contributed by atoms with E-state index in [4.69, 9.17) is 25.4 Å². The number of hydrogen-bond donors (Lipinski definition) is 1. The van der Waals surface area contributed by atoms with Gasteiger partial charge in [0.05, 0.1) is 31.1 Å². The van der Waals surface area contributed by atoms with Gasteiger partial charge in [0.25, 0.3) is 0 Å². The van der Waals surface area contributed by atoms with Gasteiger partial charge in [0.2, 0.25) is 5.88 Å². The summed E-state index contributed by atoms with van der Waals surface area (Å²) in [6.07, 6.45) is 6.09. The zero-order valence-electron chi connectivity index (χ0n) is 20.0. The quantitative estimate of drug-likeness (QED) is 0.231. The number of aromatic nitrogens is 2. The summed E-state index contributed by atoms with van der Waals surface area (Å²) < 4.78 is 32.2. The molecule has 0 spiro atoms. The Hall–Kier alpha value is -3.90. The van der Waals surface area contributed by atoms with Crippen LogP contribution in [0.3, 0.4) is 0 Å². The minimum atomic E-state index is -0.772. The lowest BCUT2D eigenvalue weighted by atomic mass is 10.1. The summed E-state index contributed by atoms with van der Waals surface area (Å²) in [4.78, 5) is 2.03. The molecule has 0 fully saturated rings. The van der Waals surface area contributed by atoms with Crippen molar-refractivity contribution >= 4 is 0 Å². The van der Waals surface area contributed by atoms with Crippen LogP contribution in [0.5, 0.6) is 11.6 Å². The van der Waals surface area contributed by atoms with Gasteiger partial charge in [-0.05, 0) is 36.4 Å². The second kappa shape index (κ2) is 12.2. The normalized spacial score (nSPS) is 12.0. The number of aliphatic hydroxyl groups excluding tert-OH is 1. The Balaban J connectivity index is 1.67. The number of aliphatic hydroxyl groups is 1. The van der Waals surface area contributed by atoms with Crippen LogP contribution in [-0.4, -0.2) is 45.6 Å². The van der Waals surface area contributed by atoms with E-state index in [1.807, 2.05) is 47.4 Å². The van der Waals surface area contributed by atoms with Gasteiger partial charge in [0.1, 0.15) is 29.6 Å². The first-order chi connectivity index (χ1) is 17.5. The number of terminal acetylenes is 1. The monoisotopic (exact) mass is 489 g/mol. The van der Waals surface area contributed by atoms with Crippen molar-refractivity contribution in [3.05, 3.63) is 90.1 Å². The molecule has 186 valence electrons. The maximum Gasteiger partial charge on any atom is 0.222 e. The summed E-state index contributed by atoms with van der Waals surface area (Å²) in [6, 6.07) is 19.3. The number of rotatable bonds is 12. The highest BCUT2D eigenvalue weighted by molar-refractivity contribution is 5.65. The number of hydrogen-bond acceptors (Lipinski definition) is 6. The predicted octanol–water partition coefficient (Wildman–Crippen LogP) is 4.62. The fourth-order valence-electron chi connectivity index (χ4n) is 3.90. The molecule has 0 bridgehead atoms. The molecule has 0 aliphatic rings. The highest BCUT2D eigenvalue weighted by Crippen LogP contribution is 2.34. The lowest BCUT2D eigenvalue weighted by Crippen LogP contribution is -2.34. The number of furan rings is 1. The van der Waals surface area contributed by atoms with Gasteiger partial charge in [0.15, 0.2) is 0 Å². The third kappa shape index (κ3) is 6.61. The van der Waals surface area contributed by atoms with E-state index >= 15 is 0 Å². The molecule has 0 saturated carbocycles. The summed E-state index contributed by atoms with van der Waals surface area (Å²) in [5.74, 6) is 3.81. The first-order valence-corrected chi connectivity index (χ1v) is 11.5. The predicted molar refractivity (Wildman–Crippen MR) is 134 cm³/mol. The Labute approximate surface area is 209 Å². The average Bonchev–Trinajstić information content (AvgIpc) is 3.49. The van der Waals surface area contributed by atoms with E-state index in [-0.39, 0.29) is 19.0 Å². The van der Waals surface area contributed by atoms with E-state index in [2.05, 4.69) is 5.92 Å². The molecule has 2 heterocycles. The fraction of sp³-hybridized carbons (Fsp3) is 0.250. The number of nitrogens with zero attached hydrogens (tertiary/aromatic N) is 3. The Bertz CT molecular complexity index is 1260. The van der Waals surface area contributed by atoms with Crippen molar-refractivity contribution in [2.24, 2.45) is 7.05 Å². The Morgan fingerprint density at radius 1 is 1.11 bits per heavy atom. The van der Waals surface area contributed by atoms with E-state index in [0.717, 1.165) is 22.6 Å². The zero-order valence-corrected chi connectivity index (χ0v) is 20.0. The van der Waals surface area contributed by atoms with Gasteiger partial charge in [-0.25, -0.2) is 9.07 Å². The second-order valence-corrected chi connectivity index (χ2v) is 8.30. The molecular formula is C28H28FN3O4. The second-order valence-electron chi connectivity index (χ2n) is 8.30. The van der Waals surface area contributed by atoms with E-state index in [1.165, 1.54) is 12.1 Å². The molecule has 1 unspecified atom stereocenters. The molecule has 1 atom stereocenters. The Kier molecular flexibility index (Phi) is 8.53. The first kappa shape index (κ1) is 25.2. The van der Waals surface area contributed by atoms with E-state index in [9.17, 15) is 9.50 Å². The highest BCUT2D eigenvalue weighted by Gasteiger charge is 2.24. The van der Waals surface area contributed by atoms with Crippen molar-refractivity contribution in [2.75, 3.05) is 19.8 Å². The standard InChI is InChI=1S/C28H28FN3O4/c1-3-15-34-20-23(33)17-32(18-25-10-7-16-35-25)19-26-27(21-8-5-4-6-9-21)30-31(2)28(26)36-24-13-11-22(29)12-14-24/h1,4-14,16,23,33H,15,17-20H2,2H3. The molecular weight excluding hydrogens is 461 g/mol. The molecule has 4 rings (SSSR count). The SMILES string of the molecule is C#CCOCC(O)CN(Cc1ccco1)Cc1c(-c2ccccc2)nn(C)c1Oc1ccc(F)cc1. The molecule has 7 nitrogen and oxygen atoms in total. The summed E-state index contributed by atoms with van der Waals surface area (Å²) in [5, 5.41) is 15.4. The van der Waals surface area contributed by atoms with Crippen molar-refractivity contribution in [3.8, 4) is 35.2 Å². The number of benzene rings is 2. The van der Waals surface area contributed by atoms with Crippen LogP contribution in [-0.2, 0) is 24.9 Å². The van der Waals surface area contributed by atoms with Crippen LogP contribution in [0.15, 0.2) is 77.4 Å². The van der Waals surface area contributed by atoms with Gasteiger partial charge >= 0.3 is 0 Å². The molecule has 4 aromatic rings. The Morgan fingerprint density at radius 2 is 1.89 bits per heavy atom. The molecule has 0 amide bonds. The molecule has 0 saturated heterocycles. The van der Waals surface area contributed by atoms with Crippen molar-refractivity contribution in [1.82, 2.24) is 14.7 Å². The van der Waals surface area contributed by atoms with E-state index in [0.29, 0.717) is 31.3 Å². The molecule has 0 aliphatic heterocycles. The molecule has 2 aromatic carbocycles. The maximum atomic E-state index is 13.5. The number of ether oxygens (including phenoxy) is 2. The van der Waals surface area contributed by atoms with Crippen molar-refractivity contribution < 1.29 is 23.4 Å². The van der Waals surface area contributed by atoms with Gasteiger partial charge in [-0.3, -0.25) is 4.90 Å². The summed E-state index contributed by atoms with van der Waals surface area (Å²) in [5.41, 5.74) is 2.49. The van der Waals surface area contributed by atoms with Crippen LogP contribution >= 0.6 is 0 Å². The average molecular weight is 490 g/mol. The van der Waals surface area contributed by atoms with Crippen LogP contribution in [0.1, 0.15) is 11.3 Å². The van der Waals surface area contributed by atoms with Gasteiger partial charge < -0.3 is 19.0 Å². The lowest BCUT2D eigenvalue weighted by Gasteiger charge is -2.24. The third-order valence-corrected chi connectivity index (χ3v) is 5.47. The first-order valence-electron chi connectivity index (χ1n) is 11.5. The van der Waals surface area contributed by atoms with E-state index in [1.54, 1.807) is 30.1 Å². The largest absolute Gasteiger partial charge is 0.468 e. The number of aryl methyl sites for hydroxylation is 1. The minimum absolute atomic E-state index is 0.108. The number of halogens is 1. The van der Waals surface area contributed by atoms with Crippen LogP contribution in [0.4, 0.5) is 4.39 Å². The van der Waals surface area contributed by atoms with Crippen LogP contribution in [0, 0.1) is 18.2 Å². The van der Waals surface area contributed by atoms with Gasteiger partial charge in [-0.15, -0.1) is 6.42 Å². The van der Waals surface area contributed by atoms with E-state index < -0.39 is 6.10 Å². The van der Waals surface area contributed by atoms with Crippen molar-refractivity contribution in [2.45, 2.75) is 19.2 Å². The molecule has 0 aliphatic carbocycles. The highest BCUT2D eigenvalue weighted by atomic mass is 19.1. The molecule has 0 radical (unpaired) electrons. The summed E-state index contributed by atoms with van der Waals surface area (Å²) in [6.45, 7) is 1.37. The van der Waals surface area contributed by atoms with Crippen molar-refractivity contribution in [1.29, 1.82) is 0 Å². The molecule has 36 heavy (non-hydrogen) atoms. The molecule has 2 aromatic heterocycles. The van der Waals surface area contributed by atoms with Crippen LogP contribution in [0.2, 0.25) is 0 Å². The van der Waals surface area contributed by atoms with Gasteiger partial charge in [-0.1, -0.05) is 36.3 Å². The summed E-state index contributed by atoms with van der Waals surface area (Å²) in [7, 11) is 1.80. The van der Waals surface area contributed by atoms with Crippen LogP contribution < -0.4 is 4.74 Å². The summed E-state index contributed by atoms with van der Waals surface area (Å²) >= 11 is 0. The zero-order chi connectivity index (χ0) is 25.3. The fourth-order valence-corrected chi connectivity index (χ4v) is 3.90. The van der Waals surface area contributed by atoms with Crippen molar-refractivity contribution in [3.63, 3.8) is 0 Å².